The number of benzene rings is 1. The fraction of sp³-hybridized carbons (Fsp3) is 0.458. The molecule has 1 saturated carbocycles. The minimum absolute atomic E-state index is 0. The van der Waals surface area contributed by atoms with Crippen molar-refractivity contribution >= 4 is 35.6 Å². The van der Waals surface area contributed by atoms with Crippen molar-refractivity contribution in [1.29, 1.82) is 0 Å². The molecule has 0 heterocycles. The van der Waals surface area contributed by atoms with Crippen LogP contribution in [-0.2, 0) is 27.3 Å². The number of aliphatic hydroxyl groups excluding tert-OH is 2. The van der Waals surface area contributed by atoms with E-state index in [1.54, 1.807) is 27.2 Å². The first-order valence-corrected chi connectivity index (χ1v) is 10.6. The maximum atomic E-state index is 13.7. The summed E-state index contributed by atoms with van der Waals surface area (Å²) in [6.45, 7) is 0.462. The van der Waals surface area contributed by atoms with Gasteiger partial charge in [0.15, 0.2) is 11.4 Å². The Hall–Kier alpha value is -2.92. The average Bonchev–Trinajstić information content (AvgIpc) is 2.72. The van der Waals surface area contributed by atoms with E-state index in [9.17, 15) is 34.8 Å². The number of fused-ring (bicyclic) bond motifs is 3. The van der Waals surface area contributed by atoms with Gasteiger partial charge in [-0.05, 0) is 57.1 Å². The van der Waals surface area contributed by atoms with E-state index in [2.05, 4.69) is 5.32 Å². The minimum atomic E-state index is -2.62. The van der Waals surface area contributed by atoms with Gasteiger partial charge in [-0.25, -0.2) is 0 Å². The van der Waals surface area contributed by atoms with Crippen LogP contribution in [0.3, 0.4) is 0 Å². The number of amides is 1. The topological polar surface area (TPSA) is 173 Å². The molecule has 0 aliphatic heterocycles. The maximum Gasteiger partial charge on any atom is 0.255 e. The number of carbonyl (C=O) groups excluding carboxylic acids is 3. The predicted octanol–water partition coefficient (Wildman–Crippen LogP) is 0.741. The molecule has 0 radical (unpaired) electrons. The third-order valence-electron chi connectivity index (χ3n) is 7.07. The van der Waals surface area contributed by atoms with Crippen LogP contribution in [0.25, 0.3) is 5.76 Å². The zero-order valence-electron chi connectivity index (χ0n) is 19.0. The largest absolute Gasteiger partial charge is 0.508 e. The third-order valence-corrected chi connectivity index (χ3v) is 7.07. The van der Waals surface area contributed by atoms with E-state index in [-0.39, 0.29) is 49.6 Å². The van der Waals surface area contributed by atoms with Crippen molar-refractivity contribution < 1.29 is 34.8 Å². The lowest BCUT2D eigenvalue weighted by Crippen LogP contribution is -2.65. The lowest BCUT2D eigenvalue weighted by Gasteiger charge is -2.50. The number of likely N-dealkylation sites (N-methyl/N-ethyl adjacent to an activating group) is 1. The second-order valence-electron chi connectivity index (χ2n) is 9.09. The van der Waals surface area contributed by atoms with Crippen LogP contribution in [-0.4, -0.2) is 75.6 Å². The van der Waals surface area contributed by atoms with Gasteiger partial charge in [-0.3, -0.25) is 19.3 Å². The number of nitrogens with one attached hydrogen (secondary N) is 1. The minimum Gasteiger partial charge on any atom is -0.508 e. The molecule has 35 heavy (non-hydrogen) atoms. The molecule has 1 amide bonds. The number of rotatable bonds is 4. The number of nitrogens with two attached hydrogens (primary N) is 1. The molecule has 0 unspecified atom stereocenters. The van der Waals surface area contributed by atoms with E-state index in [1.807, 2.05) is 0 Å². The first kappa shape index (κ1) is 28.3. The van der Waals surface area contributed by atoms with Gasteiger partial charge in [0, 0.05) is 18.0 Å². The summed E-state index contributed by atoms with van der Waals surface area (Å²) in [6, 6.07) is 2.05. The Morgan fingerprint density at radius 1 is 1.23 bits per heavy atom. The number of phenolic OH excluding ortho intramolecular Hbond substituents is 1. The SMILES string of the molecule is C.CNCc1ccc(O)c2c1C[C@H]1C[C@H]3[C@H](N(C)C)C(=O)C(C(N)=O)=C(O)[C@@]3(O)C(=O)C1=C2O.Cl. The van der Waals surface area contributed by atoms with Crippen molar-refractivity contribution in [2.45, 2.75) is 38.5 Å². The van der Waals surface area contributed by atoms with Gasteiger partial charge in [-0.15, -0.1) is 12.4 Å². The number of hydrogen-bond acceptors (Lipinski definition) is 9. The Kier molecular flexibility index (Phi) is 7.78. The quantitative estimate of drug-likeness (QED) is 0.320. The van der Waals surface area contributed by atoms with Crippen LogP contribution in [0.4, 0.5) is 0 Å². The Labute approximate surface area is 209 Å². The molecule has 0 bridgehead atoms. The van der Waals surface area contributed by atoms with Gasteiger partial charge in [0.05, 0.1) is 11.6 Å². The number of nitrogens with zero attached hydrogens (tertiary/aromatic N) is 1. The van der Waals surface area contributed by atoms with Crippen LogP contribution in [0, 0.1) is 11.8 Å². The molecule has 1 fully saturated rings. The van der Waals surface area contributed by atoms with Crippen LogP contribution < -0.4 is 11.1 Å². The number of aliphatic hydroxyl groups is 3. The smallest absolute Gasteiger partial charge is 0.255 e. The molecule has 10 nitrogen and oxygen atoms in total. The van der Waals surface area contributed by atoms with Crippen LogP contribution in [0.2, 0.25) is 0 Å². The summed E-state index contributed by atoms with van der Waals surface area (Å²) in [5.74, 6) is -6.50. The summed E-state index contributed by atoms with van der Waals surface area (Å²) >= 11 is 0. The first-order valence-electron chi connectivity index (χ1n) is 10.6. The Balaban J connectivity index is 0.00000216. The van der Waals surface area contributed by atoms with Crippen LogP contribution in [0.5, 0.6) is 5.75 Å². The van der Waals surface area contributed by atoms with E-state index in [1.165, 1.54) is 11.0 Å². The number of primary amides is 1. The molecule has 1 aromatic rings. The van der Waals surface area contributed by atoms with E-state index in [4.69, 9.17) is 5.73 Å². The van der Waals surface area contributed by atoms with Gasteiger partial charge in [-0.2, -0.15) is 0 Å². The zero-order chi connectivity index (χ0) is 24.4. The third kappa shape index (κ3) is 3.81. The van der Waals surface area contributed by atoms with Gasteiger partial charge in [-0.1, -0.05) is 13.5 Å². The number of halogens is 1. The van der Waals surface area contributed by atoms with Gasteiger partial charge in [0.2, 0.25) is 5.78 Å². The highest BCUT2D eigenvalue weighted by Crippen LogP contribution is 2.52. The molecule has 4 rings (SSSR count). The van der Waals surface area contributed by atoms with Gasteiger partial charge in [0.1, 0.15) is 22.8 Å². The second kappa shape index (κ2) is 9.62. The molecule has 0 aromatic heterocycles. The second-order valence-corrected chi connectivity index (χ2v) is 9.09. The number of hydrogen-bond donors (Lipinski definition) is 6. The summed E-state index contributed by atoms with van der Waals surface area (Å²) < 4.78 is 0. The first-order chi connectivity index (χ1) is 15.5. The summed E-state index contributed by atoms with van der Waals surface area (Å²) in [5.41, 5.74) is 3.29. The van der Waals surface area contributed by atoms with Crippen molar-refractivity contribution in [1.82, 2.24) is 10.2 Å². The molecule has 3 aliphatic carbocycles. The monoisotopic (exact) mass is 509 g/mol. The molecule has 4 atom stereocenters. The van der Waals surface area contributed by atoms with Crippen molar-refractivity contribution in [2.24, 2.45) is 17.6 Å². The molecular weight excluding hydrogens is 478 g/mol. The fourth-order valence-corrected chi connectivity index (χ4v) is 5.66. The van der Waals surface area contributed by atoms with Crippen molar-refractivity contribution in [3.63, 3.8) is 0 Å². The van der Waals surface area contributed by atoms with Crippen molar-refractivity contribution in [2.75, 3.05) is 21.1 Å². The van der Waals surface area contributed by atoms with E-state index in [0.29, 0.717) is 12.1 Å². The summed E-state index contributed by atoms with van der Waals surface area (Å²) in [5, 5.41) is 46.9. The van der Waals surface area contributed by atoms with E-state index >= 15 is 0 Å². The lowest BCUT2D eigenvalue weighted by atomic mass is 9.57. The number of ketones is 2. The molecular formula is C24H32ClN3O7. The van der Waals surface area contributed by atoms with Gasteiger partial charge in [0.25, 0.3) is 5.91 Å². The molecule has 1 aromatic carbocycles. The van der Waals surface area contributed by atoms with Gasteiger partial charge < -0.3 is 31.5 Å². The highest BCUT2D eigenvalue weighted by molar-refractivity contribution is 6.24. The highest BCUT2D eigenvalue weighted by Gasteiger charge is 2.64. The standard InChI is InChI=1S/C23H27N3O7.CH4.ClH/c1-25-8-9-4-5-13(27)15-11(9)6-10-7-12-17(26(2)3)19(29)16(22(24)32)21(31)23(12,33)20(30)14(10)18(15)28;;/h4-5,10,12,17,25,27-28,31,33H,6-8H2,1-3H3,(H2,24,32);1H4;1H/t10-,12-,17-,23-;;/m0../s1. The fourth-order valence-electron chi connectivity index (χ4n) is 5.66. The molecule has 11 heteroatoms. The average molecular weight is 510 g/mol. The zero-order valence-corrected chi connectivity index (χ0v) is 19.8. The molecule has 0 spiro atoms. The normalized spacial score (nSPS) is 27.5. The highest BCUT2D eigenvalue weighted by atomic mass is 35.5. The molecule has 192 valence electrons. The Morgan fingerprint density at radius 3 is 2.40 bits per heavy atom. The van der Waals surface area contributed by atoms with Gasteiger partial charge >= 0.3 is 0 Å². The lowest BCUT2D eigenvalue weighted by molar-refractivity contribution is -0.153. The van der Waals surface area contributed by atoms with E-state index < -0.39 is 58.0 Å². The Morgan fingerprint density at radius 2 is 1.86 bits per heavy atom. The maximum absolute atomic E-state index is 13.7. The number of phenols is 1. The van der Waals surface area contributed by atoms with Crippen molar-refractivity contribution in [3.05, 3.63) is 45.7 Å². The summed E-state index contributed by atoms with van der Waals surface area (Å²) in [6.07, 6.45) is 0.348. The van der Waals surface area contributed by atoms with Crippen LogP contribution >= 0.6 is 12.4 Å². The van der Waals surface area contributed by atoms with E-state index in [0.717, 1.165) is 5.56 Å². The van der Waals surface area contributed by atoms with Crippen molar-refractivity contribution in [3.8, 4) is 5.75 Å². The van der Waals surface area contributed by atoms with Crippen LogP contribution in [0.1, 0.15) is 30.5 Å². The summed E-state index contributed by atoms with van der Waals surface area (Å²) in [7, 11) is 4.89. The Bertz CT molecular complexity index is 1160. The molecule has 7 N–H and O–H groups in total. The number of carbonyl (C=O) groups is 3. The van der Waals surface area contributed by atoms with Crippen LogP contribution in [0.15, 0.2) is 29.0 Å². The predicted molar refractivity (Wildman–Crippen MR) is 131 cm³/mol. The molecule has 3 aliphatic rings. The molecule has 0 saturated heterocycles. The summed E-state index contributed by atoms with van der Waals surface area (Å²) in [4.78, 5) is 40.2. The number of Topliss-reactive ketones (excluding diaryl/α,β-unsaturated/α-hetero) is 2. The number of aromatic hydroxyl groups is 1.